The molecule has 0 aliphatic heterocycles. The van der Waals surface area contributed by atoms with E-state index in [2.05, 4.69) is 9.97 Å². The van der Waals surface area contributed by atoms with E-state index < -0.39 is 11.6 Å². The first-order chi connectivity index (χ1) is 9.55. The molecule has 20 heavy (non-hydrogen) atoms. The lowest BCUT2D eigenvalue weighted by Crippen LogP contribution is -2.32. The molecule has 0 spiro atoms. The number of carbonyl (C=O) groups is 1. The Labute approximate surface area is 117 Å². The van der Waals surface area contributed by atoms with Gasteiger partial charge < -0.3 is 0 Å². The van der Waals surface area contributed by atoms with Crippen LogP contribution in [0.3, 0.4) is 0 Å². The number of hydrazine groups is 1. The van der Waals surface area contributed by atoms with E-state index in [1.807, 2.05) is 12.3 Å². The van der Waals surface area contributed by atoms with Gasteiger partial charge in [-0.25, -0.2) is 15.6 Å². The molecule has 0 radical (unpaired) electrons. The summed E-state index contributed by atoms with van der Waals surface area (Å²) in [6.45, 7) is 2.00. The average molecular weight is 295 g/mol. The monoisotopic (exact) mass is 295 g/mol. The molecule has 0 saturated heterocycles. The molecule has 0 unspecified atom stereocenters. The maximum atomic E-state index is 11.7. The van der Waals surface area contributed by atoms with Gasteiger partial charge >= 0.3 is 5.69 Å². The normalized spacial score (nSPS) is 10.5. The Morgan fingerprint density at radius 2 is 2.30 bits per heavy atom. The molecule has 0 aromatic carbocycles. The number of H-pyrrole nitrogens is 1. The number of carbonyl (C=O) groups excluding carboxylic acids is 1. The largest absolute Gasteiger partial charge is 0.328 e. The van der Waals surface area contributed by atoms with Crippen molar-refractivity contribution in [2.75, 3.05) is 0 Å². The van der Waals surface area contributed by atoms with Crippen molar-refractivity contribution in [2.45, 2.75) is 19.9 Å². The van der Waals surface area contributed by atoms with Gasteiger partial charge in [0.15, 0.2) is 5.01 Å². The van der Waals surface area contributed by atoms with Crippen LogP contribution in [0.1, 0.15) is 28.0 Å². The van der Waals surface area contributed by atoms with Gasteiger partial charge in [0.05, 0.1) is 12.2 Å². The molecule has 1 amide bonds. The van der Waals surface area contributed by atoms with Crippen LogP contribution in [0, 0.1) is 0 Å². The van der Waals surface area contributed by atoms with Crippen molar-refractivity contribution in [1.29, 1.82) is 0 Å². The second-order valence-electron chi connectivity index (χ2n) is 4.01. The number of aromatic nitrogens is 3. The summed E-state index contributed by atoms with van der Waals surface area (Å²) in [5.74, 6) is 4.53. The van der Waals surface area contributed by atoms with E-state index in [9.17, 15) is 14.4 Å². The number of amides is 1. The van der Waals surface area contributed by atoms with Gasteiger partial charge in [0.25, 0.3) is 11.5 Å². The molecule has 2 heterocycles. The Morgan fingerprint density at radius 3 is 2.95 bits per heavy atom. The molecule has 2 aromatic heterocycles. The Bertz CT molecular complexity index is 745. The lowest BCUT2D eigenvalue weighted by molar-refractivity contribution is 0.0953. The van der Waals surface area contributed by atoms with Gasteiger partial charge in [-0.05, 0) is 6.42 Å². The van der Waals surface area contributed by atoms with Crippen molar-refractivity contribution < 1.29 is 4.79 Å². The zero-order chi connectivity index (χ0) is 14.7. The molecular formula is C11H13N5O3S. The van der Waals surface area contributed by atoms with Crippen LogP contribution in [-0.4, -0.2) is 20.4 Å². The van der Waals surface area contributed by atoms with Crippen LogP contribution >= 0.6 is 11.3 Å². The van der Waals surface area contributed by atoms with Gasteiger partial charge in [0.1, 0.15) is 0 Å². The summed E-state index contributed by atoms with van der Waals surface area (Å²) < 4.78 is 1.35. The average Bonchev–Trinajstić information content (AvgIpc) is 2.89. The topological polar surface area (TPSA) is 123 Å². The van der Waals surface area contributed by atoms with Crippen LogP contribution in [0.2, 0.25) is 0 Å². The fourth-order valence-corrected chi connectivity index (χ4v) is 2.35. The molecular weight excluding hydrogens is 282 g/mol. The first kappa shape index (κ1) is 14.2. The molecule has 9 heteroatoms. The van der Waals surface area contributed by atoms with Crippen LogP contribution < -0.4 is 22.5 Å². The van der Waals surface area contributed by atoms with Gasteiger partial charge in [-0.15, -0.1) is 11.3 Å². The summed E-state index contributed by atoms with van der Waals surface area (Å²) in [6.07, 6.45) is 2.02. The highest BCUT2D eigenvalue weighted by Crippen LogP contribution is 2.10. The number of thiazole rings is 1. The molecule has 0 aliphatic rings. The first-order valence-electron chi connectivity index (χ1n) is 5.83. The van der Waals surface area contributed by atoms with Crippen LogP contribution in [0.15, 0.2) is 21.2 Å². The Hall–Kier alpha value is -2.26. The molecule has 8 nitrogen and oxygen atoms in total. The molecule has 2 aromatic rings. The summed E-state index contributed by atoms with van der Waals surface area (Å²) in [5.41, 5.74) is 2.16. The maximum absolute atomic E-state index is 11.7. The van der Waals surface area contributed by atoms with Crippen LogP contribution in [0.25, 0.3) is 0 Å². The third-order valence-electron chi connectivity index (χ3n) is 2.67. The van der Waals surface area contributed by atoms with E-state index >= 15 is 0 Å². The molecule has 0 bridgehead atoms. The van der Waals surface area contributed by atoms with E-state index in [-0.39, 0.29) is 17.1 Å². The molecule has 0 saturated carbocycles. The van der Waals surface area contributed by atoms with Gasteiger partial charge in [-0.1, -0.05) is 6.92 Å². The van der Waals surface area contributed by atoms with Crippen LogP contribution in [-0.2, 0) is 13.0 Å². The van der Waals surface area contributed by atoms with Gasteiger partial charge in [0.2, 0.25) is 0 Å². The zero-order valence-electron chi connectivity index (χ0n) is 10.7. The van der Waals surface area contributed by atoms with E-state index in [0.29, 0.717) is 17.7 Å². The SMILES string of the molecule is CCc1cn(Cc2csc(C(=O)NN)n2)c(=O)[nH]c1=O. The van der Waals surface area contributed by atoms with E-state index in [1.165, 1.54) is 10.8 Å². The number of hydrogen-bond acceptors (Lipinski definition) is 6. The quantitative estimate of drug-likeness (QED) is 0.387. The Balaban J connectivity index is 2.30. The standard InChI is InChI=1S/C11H13N5O3S/c1-2-6-3-16(11(19)14-8(6)17)4-7-5-20-10(13-7)9(18)15-12/h3,5H,2,4,12H2,1H3,(H,15,18)(H,14,17,19). The molecule has 0 fully saturated rings. The van der Waals surface area contributed by atoms with E-state index in [4.69, 9.17) is 5.84 Å². The van der Waals surface area contributed by atoms with Crippen molar-refractivity contribution in [1.82, 2.24) is 20.0 Å². The van der Waals surface area contributed by atoms with Gasteiger partial charge in [-0.3, -0.25) is 24.6 Å². The molecule has 106 valence electrons. The Morgan fingerprint density at radius 1 is 1.55 bits per heavy atom. The predicted molar refractivity (Wildman–Crippen MR) is 73.6 cm³/mol. The fraction of sp³-hybridized carbons (Fsp3) is 0.273. The first-order valence-corrected chi connectivity index (χ1v) is 6.71. The van der Waals surface area contributed by atoms with Crippen molar-refractivity contribution in [3.63, 3.8) is 0 Å². The predicted octanol–water partition coefficient (Wildman–Crippen LogP) is -0.793. The van der Waals surface area contributed by atoms with Gasteiger partial charge in [-0.2, -0.15) is 0 Å². The second-order valence-corrected chi connectivity index (χ2v) is 4.87. The van der Waals surface area contributed by atoms with Gasteiger partial charge in [0, 0.05) is 17.1 Å². The highest BCUT2D eigenvalue weighted by atomic mass is 32.1. The van der Waals surface area contributed by atoms with E-state index in [1.54, 1.807) is 5.38 Å². The molecule has 4 N–H and O–H groups in total. The third kappa shape index (κ3) is 2.83. The Kier molecular flexibility index (Phi) is 4.11. The number of aryl methyl sites for hydroxylation is 1. The van der Waals surface area contributed by atoms with Crippen molar-refractivity contribution in [3.8, 4) is 0 Å². The summed E-state index contributed by atoms with van der Waals surface area (Å²) in [7, 11) is 0. The summed E-state index contributed by atoms with van der Waals surface area (Å²) in [6, 6.07) is 0. The molecule has 0 aliphatic carbocycles. The fourth-order valence-electron chi connectivity index (χ4n) is 1.64. The van der Waals surface area contributed by atoms with Crippen LogP contribution in [0.4, 0.5) is 0 Å². The van der Waals surface area contributed by atoms with Crippen LogP contribution in [0.5, 0.6) is 0 Å². The van der Waals surface area contributed by atoms with Crippen molar-refractivity contribution >= 4 is 17.2 Å². The number of nitrogen functional groups attached to an aromatic ring is 1. The number of nitrogens with one attached hydrogen (secondary N) is 2. The third-order valence-corrected chi connectivity index (χ3v) is 3.56. The minimum atomic E-state index is -0.509. The smallest absolute Gasteiger partial charge is 0.294 e. The minimum Gasteiger partial charge on any atom is -0.294 e. The van der Waals surface area contributed by atoms with E-state index in [0.717, 1.165) is 11.3 Å². The van der Waals surface area contributed by atoms with Crippen molar-refractivity contribution in [2.24, 2.45) is 5.84 Å². The highest BCUT2D eigenvalue weighted by molar-refractivity contribution is 7.11. The molecule has 2 rings (SSSR count). The molecule has 0 atom stereocenters. The number of nitrogens with zero attached hydrogens (tertiary/aromatic N) is 2. The zero-order valence-corrected chi connectivity index (χ0v) is 11.5. The maximum Gasteiger partial charge on any atom is 0.328 e. The number of rotatable bonds is 4. The minimum absolute atomic E-state index is 0.178. The highest BCUT2D eigenvalue weighted by Gasteiger charge is 2.11. The summed E-state index contributed by atoms with van der Waals surface area (Å²) >= 11 is 1.13. The summed E-state index contributed by atoms with van der Waals surface area (Å²) in [4.78, 5) is 40.8. The number of aromatic amines is 1. The number of hydrogen-bond donors (Lipinski definition) is 3. The lowest BCUT2D eigenvalue weighted by atomic mass is 10.2. The summed E-state index contributed by atoms with van der Waals surface area (Å²) in [5, 5.41) is 1.88. The van der Waals surface area contributed by atoms with Crippen molar-refractivity contribution in [3.05, 3.63) is 48.7 Å². The second kappa shape index (κ2) is 5.80. The number of nitrogens with two attached hydrogens (primary N) is 1. The lowest BCUT2D eigenvalue weighted by Gasteiger charge is -2.04.